The SMILES string of the molecule is CC1Oc2ccc(N(C)C(=O)CN)cc2N(C)C1=O. The van der Waals surface area contributed by atoms with Crippen molar-refractivity contribution in [1.82, 2.24) is 0 Å². The summed E-state index contributed by atoms with van der Waals surface area (Å²) in [6.07, 6.45) is -0.494. The summed E-state index contributed by atoms with van der Waals surface area (Å²) < 4.78 is 5.52. The molecule has 19 heavy (non-hydrogen) atoms. The van der Waals surface area contributed by atoms with Crippen LogP contribution in [0.25, 0.3) is 0 Å². The molecular formula is C13H17N3O3. The highest BCUT2D eigenvalue weighted by Crippen LogP contribution is 2.36. The molecule has 0 aromatic heterocycles. The summed E-state index contributed by atoms with van der Waals surface area (Å²) in [5.74, 6) is 0.323. The number of anilines is 2. The summed E-state index contributed by atoms with van der Waals surface area (Å²) in [6, 6.07) is 5.26. The van der Waals surface area contributed by atoms with Crippen molar-refractivity contribution in [1.29, 1.82) is 0 Å². The summed E-state index contributed by atoms with van der Waals surface area (Å²) in [5, 5.41) is 0. The van der Waals surface area contributed by atoms with Crippen molar-refractivity contribution in [3.8, 4) is 5.75 Å². The standard InChI is InChI=1S/C13H17N3O3/c1-8-13(18)16(3)10-6-9(4-5-11(10)19-8)15(2)12(17)7-14/h4-6,8H,7,14H2,1-3H3. The smallest absolute Gasteiger partial charge is 0.267 e. The van der Waals surface area contributed by atoms with Gasteiger partial charge in [0.25, 0.3) is 5.91 Å². The predicted molar refractivity (Wildman–Crippen MR) is 72.4 cm³/mol. The van der Waals surface area contributed by atoms with E-state index in [4.69, 9.17) is 10.5 Å². The molecule has 6 heteroatoms. The predicted octanol–water partition coefficient (Wildman–Crippen LogP) is 0.352. The van der Waals surface area contributed by atoms with Crippen LogP contribution in [0.4, 0.5) is 11.4 Å². The molecule has 2 N–H and O–H groups in total. The molecule has 0 aliphatic carbocycles. The fourth-order valence-electron chi connectivity index (χ4n) is 1.99. The molecule has 2 amide bonds. The summed E-state index contributed by atoms with van der Waals surface area (Å²) in [5.41, 5.74) is 6.66. The molecule has 102 valence electrons. The van der Waals surface area contributed by atoms with E-state index in [1.54, 1.807) is 39.2 Å². The minimum absolute atomic E-state index is 0.0596. The van der Waals surface area contributed by atoms with Crippen LogP contribution in [0, 0.1) is 0 Å². The van der Waals surface area contributed by atoms with Crippen LogP contribution in [0.5, 0.6) is 5.75 Å². The van der Waals surface area contributed by atoms with Gasteiger partial charge < -0.3 is 20.3 Å². The molecule has 1 aliphatic heterocycles. The Bertz CT molecular complexity index is 530. The lowest BCUT2D eigenvalue weighted by Gasteiger charge is -2.31. The molecule has 1 aromatic rings. The molecule has 2 rings (SSSR count). The van der Waals surface area contributed by atoms with E-state index in [-0.39, 0.29) is 18.4 Å². The molecule has 1 heterocycles. The second kappa shape index (κ2) is 4.89. The molecule has 1 aliphatic rings. The second-order valence-electron chi connectivity index (χ2n) is 4.47. The van der Waals surface area contributed by atoms with E-state index in [0.717, 1.165) is 0 Å². The van der Waals surface area contributed by atoms with Gasteiger partial charge in [0.1, 0.15) is 5.75 Å². The molecular weight excluding hydrogens is 246 g/mol. The van der Waals surface area contributed by atoms with E-state index in [9.17, 15) is 9.59 Å². The third-order valence-corrected chi connectivity index (χ3v) is 3.22. The van der Waals surface area contributed by atoms with Gasteiger partial charge in [0.15, 0.2) is 6.10 Å². The zero-order valence-electron chi connectivity index (χ0n) is 11.2. The summed E-state index contributed by atoms with van der Waals surface area (Å²) in [7, 11) is 3.33. The Balaban J connectivity index is 2.39. The maximum atomic E-state index is 11.9. The molecule has 1 aromatic carbocycles. The first-order valence-corrected chi connectivity index (χ1v) is 6.00. The first-order valence-electron chi connectivity index (χ1n) is 6.00. The third-order valence-electron chi connectivity index (χ3n) is 3.22. The molecule has 0 radical (unpaired) electrons. The number of hydrogen-bond acceptors (Lipinski definition) is 4. The molecule has 1 atom stereocenters. The fourth-order valence-corrected chi connectivity index (χ4v) is 1.99. The van der Waals surface area contributed by atoms with Crippen LogP contribution in [0.15, 0.2) is 18.2 Å². The molecule has 0 bridgehead atoms. The van der Waals surface area contributed by atoms with Gasteiger partial charge in [0.2, 0.25) is 5.91 Å². The number of nitrogens with zero attached hydrogens (tertiary/aromatic N) is 2. The number of hydrogen-bond donors (Lipinski definition) is 1. The van der Waals surface area contributed by atoms with Crippen LogP contribution in [0.1, 0.15) is 6.92 Å². The van der Waals surface area contributed by atoms with E-state index in [2.05, 4.69) is 0 Å². The quantitative estimate of drug-likeness (QED) is 0.835. The van der Waals surface area contributed by atoms with Crippen molar-refractivity contribution in [3.05, 3.63) is 18.2 Å². The van der Waals surface area contributed by atoms with Crippen molar-refractivity contribution in [2.24, 2.45) is 5.73 Å². The Labute approximate surface area is 111 Å². The highest BCUT2D eigenvalue weighted by Gasteiger charge is 2.29. The van der Waals surface area contributed by atoms with Gasteiger partial charge in [-0.25, -0.2) is 0 Å². The van der Waals surface area contributed by atoms with Gasteiger partial charge in [0, 0.05) is 19.8 Å². The summed E-state index contributed by atoms with van der Waals surface area (Å²) >= 11 is 0. The van der Waals surface area contributed by atoms with E-state index in [1.807, 2.05) is 0 Å². The van der Waals surface area contributed by atoms with E-state index >= 15 is 0 Å². The van der Waals surface area contributed by atoms with Gasteiger partial charge in [-0.1, -0.05) is 0 Å². The zero-order chi connectivity index (χ0) is 14.2. The van der Waals surface area contributed by atoms with Crippen molar-refractivity contribution < 1.29 is 14.3 Å². The first-order chi connectivity index (χ1) is 8.95. The number of nitrogens with two attached hydrogens (primary N) is 1. The van der Waals surface area contributed by atoms with Crippen LogP contribution in [-0.4, -0.2) is 38.6 Å². The maximum absolute atomic E-state index is 11.9. The molecule has 0 saturated carbocycles. The fraction of sp³-hybridized carbons (Fsp3) is 0.385. The maximum Gasteiger partial charge on any atom is 0.267 e. The van der Waals surface area contributed by atoms with Crippen LogP contribution in [0.3, 0.4) is 0 Å². The summed E-state index contributed by atoms with van der Waals surface area (Å²) in [6.45, 7) is 1.65. The average Bonchev–Trinajstić information content (AvgIpc) is 2.43. The lowest BCUT2D eigenvalue weighted by atomic mass is 10.1. The second-order valence-corrected chi connectivity index (χ2v) is 4.47. The van der Waals surface area contributed by atoms with Crippen molar-refractivity contribution in [2.75, 3.05) is 30.4 Å². The topological polar surface area (TPSA) is 75.9 Å². The Morgan fingerprint density at radius 1 is 1.53 bits per heavy atom. The van der Waals surface area contributed by atoms with Gasteiger partial charge in [-0.05, 0) is 25.1 Å². The van der Waals surface area contributed by atoms with Crippen molar-refractivity contribution in [3.63, 3.8) is 0 Å². The highest BCUT2D eigenvalue weighted by atomic mass is 16.5. The van der Waals surface area contributed by atoms with Gasteiger partial charge in [-0.15, -0.1) is 0 Å². The number of rotatable bonds is 2. The van der Waals surface area contributed by atoms with Crippen LogP contribution >= 0.6 is 0 Å². The Kier molecular flexibility index (Phi) is 3.44. The minimum atomic E-state index is -0.494. The van der Waals surface area contributed by atoms with Crippen LogP contribution < -0.4 is 20.3 Å². The number of carbonyl (C=O) groups is 2. The lowest BCUT2D eigenvalue weighted by Crippen LogP contribution is -2.42. The Hall–Kier alpha value is -2.08. The lowest BCUT2D eigenvalue weighted by molar-refractivity contribution is -0.125. The number of carbonyl (C=O) groups excluding carboxylic acids is 2. The Morgan fingerprint density at radius 2 is 2.21 bits per heavy atom. The van der Waals surface area contributed by atoms with Crippen LogP contribution in [0.2, 0.25) is 0 Å². The van der Waals surface area contributed by atoms with Gasteiger partial charge in [-0.2, -0.15) is 0 Å². The van der Waals surface area contributed by atoms with E-state index in [0.29, 0.717) is 17.1 Å². The zero-order valence-corrected chi connectivity index (χ0v) is 11.2. The van der Waals surface area contributed by atoms with Crippen LogP contribution in [-0.2, 0) is 9.59 Å². The largest absolute Gasteiger partial charge is 0.479 e. The van der Waals surface area contributed by atoms with Gasteiger partial charge in [-0.3, -0.25) is 9.59 Å². The highest BCUT2D eigenvalue weighted by molar-refractivity contribution is 6.01. The molecule has 0 saturated heterocycles. The number of benzene rings is 1. The van der Waals surface area contributed by atoms with Gasteiger partial charge in [0.05, 0.1) is 12.2 Å². The number of amides is 2. The van der Waals surface area contributed by atoms with Gasteiger partial charge >= 0.3 is 0 Å². The van der Waals surface area contributed by atoms with E-state index in [1.165, 1.54) is 9.80 Å². The third kappa shape index (κ3) is 2.26. The normalized spacial score (nSPS) is 17.8. The number of likely N-dealkylation sites (N-methyl/N-ethyl adjacent to an activating group) is 2. The molecule has 1 unspecified atom stereocenters. The van der Waals surface area contributed by atoms with Crippen molar-refractivity contribution >= 4 is 23.2 Å². The summed E-state index contributed by atoms with van der Waals surface area (Å²) in [4.78, 5) is 26.4. The van der Waals surface area contributed by atoms with Crippen molar-refractivity contribution in [2.45, 2.75) is 13.0 Å². The monoisotopic (exact) mass is 263 g/mol. The number of fused-ring (bicyclic) bond motifs is 1. The molecule has 6 nitrogen and oxygen atoms in total. The average molecular weight is 263 g/mol. The van der Waals surface area contributed by atoms with E-state index < -0.39 is 6.10 Å². The minimum Gasteiger partial charge on any atom is -0.479 e. The Morgan fingerprint density at radius 3 is 2.84 bits per heavy atom. The molecule has 0 fully saturated rings. The molecule has 0 spiro atoms. The first kappa shape index (κ1) is 13.4. The number of ether oxygens (including phenoxy) is 1.